The molecule has 1 aliphatic rings. The normalized spacial score (nSPS) is 43.3. The fourth-order valence-electron chi connectivity index (χ4n) is 1.66. The average Bonchev–Trinajstić information content (AvgIpc) is 2.10. The highest BCUT2D eigenvalue weighted by Gasteiger charge is 2.26. The summed E-state index contributed by atoms with van der Waals surface area (Å²) in [5.41, 5.74) is 0. The van der Waals surface area contributed by atoms with Crippen LogP contribution in [0.4, 0.5) is 0 Å². The van der Waals surface area contributed by atoms with Crippen LogP contribution in [-0.4, -0.2) is 35.6 Å². The van der Waals surface area contributed by atoms with Gasteiger partial charge in [0.15, 0.2) is 0 Å². The summed E-state index contributed by atoms with van der Waals surface area (Å²) in [7, 11) is 6.63. The van der Waals surface area contributed by atoms with Crippen molar-refractivity contribution in [2.45, 2.75) is 30.7 Å². The quantitative estimate of drug-likeness (QED) is 0.373. The van der Waals surface area contributed by atoms with Gasteiger partial charge in [0, 0.05) is 12.1 Å². The van der Waals surface area contributed by atoms with Crippen LogP contribution in [0.1, 0.15) is 6.42 Å². The van der Waals surface area contributed by atoms with Crippen molar-refractivity contribution in [2.75, 3.05) is 0 Å². The van der Waals surface area contributed by atoms with Gasteiger partial charge >= 0.3 is 0 Å². The topological polar surface area (TPSA) is 9.23 Å². The Balaban J connectivity index is 2.38. The van der Waals surface area contributed by atoms with Gasteiger partial charge in [0.25, 0.3) is 0 Å². The lowest BCUT2D eigenvalue weighted by Crippen LogP contribution is -2.11. The van der Waals surface area contributed by atoms with Crippen molar-refractivity contribution in [1.82, 2.24) is 0 Å². The smallest absolute Gasteiger partial charge is 0.139 e. The second kappa shape index (κ2) is 2.83. The molecule has 1 nitrogen and oxygen atoms in total. The second-order valence-electron chi connectivity index (χ2n) is 3.11. The van der Waals surface area contributed by atoms with Crippen LogP contribution in [0.2, 0.25) is 12.1 Å². The Morgan fingerprint density at radius 1 is 1.44 bits per heavy atom. The first-order valence-corrected chi connectivity index (χ1v) is 3.89. The van der Waals surface area contributed by atoms with E-state index >= 15 is 0 Å². The summed E-state index contributed by atoms with van der Waals surface area (Å²) < 4.78 is 5.62. The molecule has 0 aromatic heterocycles. The SMILES string of the molecule is BC[C@@H]1O[C@H](B)C[C@H]1B. The van der Waals surface area contributed by atoms with Crippen LogP contribution in [0.3, 0.4) is 0 Å². The number of rotatable bonds is 1. The highest BCUT2D eigenvalue weighted by atomic mass is 16.5. The fraction of sp³-hybridized carbons (Fsp3) is 1.00. The molecule has 1 saturated heterocycles. The van der Waals surface area contributed by atoms with E-state index in [1.54, 1.807) is 0 Å². The van der Waals surface area contributed by atoms with Gasteiger partial charge in [0.2, 0.25) is 0 Å². The highest BCUT2D eigenvalue weighted by molar-refractivity contribution is 6.16. The monoisotopic (exact) mass is 122 g/mol. The van der Waals surface area contributed by atoms with Crippen LogP contribution < -0.4 is 0 Å². The molecule has 0 aromatic carbocycles. The lowest BCUT2D eigenvalue weighted by Gasteiger charge is -2.10. The van der Waals surface area contributed by atoms with Crippen LogP contribution in [0, 0.1) is 0 Å². The van der Waals surface area contributed by atoms with Crippen LogP contribution >= 0.6 is 0 Å². The lowest BCUT2D eigenvalue weighted by atomic mass is 9.75. The Bertz CT molecular complexity index is 98.2. The molecule has 0 bridgehead atoms. The zero-order valence-corrected chi connectivity index (χ0v) is 6.55. The van der Waals surface area contributed by atoms with E-state index in [9.17, 15) is 0 Å². The van der Waals surface area contributed by atoms with Gasteiger partial charge in [-0.25, -0.2) is 0 Å². The maximum atomic E-state index is 5.62. The zero-order valence-electron chi connectivity index (χ0n) is 6.55. The van der Waals surface area contributed by atoms with E-state index < -0.39 is 0 Å². The molecule has 0 spiro atoms. The zero-order chi connectivity index (χ0) is 6.85. The first kappa shape index (κ1) is 7.26. The van der Waals surface area contributed by atoms with E-state index in [-0.39, 0.29) is 0 Å². The molecule has 9 heavy (non-hydrogen) atoms. The average molecular weight is 122 g/mol. The van der Waals surface area contributed by atoms with Crippen molar-refractivity contribution in [3.63, 3.8) is 0 Å². The molecule has 3 atom stereocenters. The molecule has 1 heterocycles. The molecule has 1 fully saturated rings. The van der Waals surface area contributed by atoms with Crippen LogP contribution in [0.15, 0.2) is 0 Å². The first-order valence-electron chi connectivity index (χ1n) is 3.89. The largest absolute Gasteiger partial charge is 0.385 e. The van der Waals surface area contributed by atoms with Gasteiger partial charge in [-0.1, -0.05) is 6.32 Å². The third-order valence-corrected chi connectivity index (χ3v) is 2.15. The van der Waals surface area contributed by atoms with E-state index in [4.69, 9.17) is 4.74 Å². The van der Waals surface area contributed by atoms with Crippen LogP contribution in [-0.2, 0) is 4.74 Å². The van der Waals surface area contributed by atoms with E-state index in [2.05, 4.69) is 23.5 Å². The minimum Gasteiger partial charge on any atom is -0.385 e. The summed E-state index contributed by atoms with van der Waals surface area (Å²) in [6.07, 6.45) is 2.96. The van der Waals surface area contributed by atoms with Gasteiger partial charge in [-0.3, -0.25) is 0 Å². The van der Waals surface area contributed by atoms with Gasteiger partial charge in [0.1, 0.15) is 23.5 Å². The summed E-state index contributed by atoms with van der Waals surface area (Å²) in [6, 6.07) is 0.505. The summed E-state index contributed by atoms with van der Waals surface area (Å²) >= 11 is 0. The Morgan fingerprint density at radius 3 is 2.33 bits per heavy atom. The maximum Gasteiger partial charge on any atom is 0.139 e. The molecular weight excluding hydrogens is 108 g/mol. The molecule has 48 valence electrons. The molecule has 1 aliphatic heterocycles. The van der Waals surface area contributed by atoms with Crippen molar-refractivity contribution < 1.29 is 4.74 Å². The van der Waals surface area contributed by atoms with Gasteiger partial charge < -0.3 is 4.74 Å². The Labute approximate surface area is 59.8 Å². The van der Waals surface area contributed by atoms with Gasteiger partial charge in [-0.15, -0.1) is 0 Å². The molecule has 0 amide bonds. The molecule has 0 aromatic rings. The van der Waals surface area contributed by atoms with Crippen molar-refractivity contribution in [3.8, 4) is 0 Å². The van der Waals surface area contributed by atoms with Crippen LogP contribution in [0.5, 0.6) is 0 Å². The Kier molecular flexibility index (Phi) is 2.28. The summed E-state index contributed by atoms with van der Waals surface area (Å²) in [5.74, 6) is 0.782. The number of hydrogen-bond acceptors (Lipinski definition) is 1. The number of ether oxygens (including phenoxy) is 1. The first-order chi connectivity index (χ1) is 4.24. The Morgan fingerprint density at radius 2 is 2.11 bits per heavy atom. The summed E-state index contributed by atoms with van der Waals surface area (Å²) in [6.45, 7) is 0. The second-order valence-corrected chi connectivity index (χ2v) is 3.11. The molecular formula is C5H13B3O. The number of hydrogen-bond donors (Lipinski definition) is 0. The van der Waals surface area contributed by atoms with Crippen molar-refractivity contribution in [3.05, 3.63) is 0 Å². The summed E-state index contributed by atoms with van der Waals surface area (Å²) in [4.78, 5) is 0. The van der Waals surface area contributed by atoms with Crippen molar-refractivity contribution in [2.24, 2.45) is 0 Å². The molecule has 0 saturated carbocycles. The van der Waals surface area contributed by atoms with E-state index in [0.717, 1.165) is 5.82 Å². The lowest BCUT2D eigenvalue weighted by molar-refractivity contribution is 0.102. The molecule has 0 aliphatic carbocycles. The van der Waals surface area contributed by atoms with Gasteiger partial charge in [-0.2, -0.15) is 0 Å². The van der Waals surface area contributed by atoms with Crippen molar-refractivity contribution >= 4 is 23.5 Å². The van der Waals surface area contributed by atoms with E-state index in [1.807, 2.05) is 0 Å². The predicted octanol–water partition coefficient (Wildman–Crippen LogP) is -1.79. The van der Waals surface area contributed by atoms with E-state index in [1.165, 1.54) is 12.7 Å². The fourth-order valence-corrected chi connectivity index (χ4v) is 1.66. The van der Waals surface area contributed by atoms with E-state index in [0.29, 0.717) is 12.1 Å². The molecule has 0 radical (unpaired) electrons. The van der Waals surface area contributed by atoms with Gasteiger partial charge in [0.05, 0.1) is 0 Å². The minimum absolute atomic E-state index is 0.505. The standard InChI is InChI=1S/C5H13B3O/c6-2-4-3(7)1-5(8)9-4/h3-5H,1-2,6-8H2/t3-,4+,5+/m1/s1. The highest BCUT2D eigenvalue weighted by Crippen LogP contribution is 2.28. The third kappa shape index (κ3) is 1.54. The Hall–Kier alpha value is 0.155. The van der Waals surface area contributed by atoms with Gasteiger partial charge in [-0.05, 0) is 12.2 Å². The molecule has 1 rings (SSSR count). The third-order valence-electron chi connectivity index (χ3n) is 2.15. The summed E-state index contributed by atoms with van der Waals surface area (Å²) in [5, 5.41) is 0. The molecule has 0 unspecified atom stereocenters. The van der Waals surface area contributed by atoms with Crippen molar-refractivity contribution in [1.29, 1.82) is 0 Å². The molecule has 4 heteroatoms. The predicted molar refractivity (Wildman–Crippen MR) is 47.5 cm³/mol. The molecule has 0 N–H and O–H groups in total. The van der Waals surface area contributed by atoms with Crippen LogP contribution in [0.25, 0.3) is 0 Å². The maximum absolute atomic E-state index is 5.62. The minimum atomic E-state index is 0.505.